The predicted molar refractivity (Wildman–Crippen MR) is 45.9 cm³/mol. The lowest BCUT2D eigenvalue weighted by atomic mass is 9.84. The van der Waals surface area contributed by atoms with Crippen molar-refractivity contribution in [1.82, 2.24) is 0 Å². The first-order chi connectivity index (χ1) is 6.05. The van der Waals surface area contributed by atoms with Gasteiger partial charge in [-0.15, -0.1) is 0 Å². The van der Waals surface area contributed by atoms with Crippen LogP contribution in [0.3, 0.4) is 0 Å². The third-order valence-electron chi connectivity index (χ3n) is 2.17. The van der Waals surface area contributed by atoms with E-state index >= 15 is 0 Å². The summed E-state index contributed by atoms with van der Waals surface area (Å²) in [5, 5.41) is 7.00. The van der Waals surface area contributed by atoms with Crippen molar-refractivity contribution in [3.8, 4) is 0 Å². The second kappa shape index (κ2) is 3.06. The SMILES string of the molecule is CC1=NOC(=O)C1(N=[N+]=[N-])C(C)C. The van der Waals surface area contributed by atoms with Gasteiger partial charge in [-0.3, -0.25) is 0 Å². The fraction of sp³-hybridized carbons (Fsp3) is 0.714. The van der Waals surface area contributed by atoms with Crippen LogP contribution in [-0.2, 0) is 9.63 Å². The number of carbonyl (C=O) groups excluding carboxylic acids is 1. The van der Waals surface area contributed by atoms with Crippen molar-refractivity contribution in [3.63, 3.8) is 0 Å². The standard InChI is InChI=1S/C7H10N4O2/c1-4(2)7(10-11-8)5(3)9-13-6(7)12/h4H,1-3H3. The topological polar surface area (TPSA) is 87.4 Å². The summed E-state index contributed by atoms with van der Waals surface area (Å²) in [4.78, 5) is 18.5. The maximum Gasteiger partial charge on any atom is 0.353 e. The largest absolute Gasteiger partial charge is 0.353 e. The van der Waals surface area contributed by atoms with Gasteiger partial charge in [0, 0.05) is 4.91 Å². The molecule has 6 nitrogen and oxygen atoms in total. The van der Waals surface area contributed by atoms with Crippen LogP contribution in [0.1, 0.15) is 20.8 Å². The molecule has 6 heteroatoms. The van der Waals surface area contributed by atoms with E-state index < -0.39 is 11.5 Å². The second-order valence-electron chi connectivity index (χ2n) is 3.17. The van der Waals surface area contributed by atoms with Crippen molar-refractivity contribution in [2.75, 3.05) is 0 Å². The van der Waals surface area contributed by atoms with Gasteiger partial charge in [-0.05, 0) is 18.4 Å². The van der Waals surface area contributed by atoms with Crippen LogP contribution in [0.25, 0.3) is 10.4 Å². The molecule has 0 saturated carbocycles. The molecule has 13 heavy (non-hydrogen) atoms. The second-order valence-corrected chi connectivity index (χ2v) is 3.17. The highest BCUT2D eigenvalue weighted by atomic mass is 16.7. The van der Waals surface area contributed by atoms with E-state index in [1.807, 2.05) is 0 Å². The van der Waals surface area contributed by atoms with Gasteiger partial charge in [-0.2, -0.15) is 0 Å². The normalized spacial score (nSPS) is 26.8. The Kier molecular flexibility index (Phi) is 2.25. The van der Waals surface area contributed by atoms with Crippen LogP contribution >= 0.6 is 0 Å². The van der Waals surface area contributed by atoms with Gasteiger partial charge < -0.3 is 4.84 Å². The van der Waals surface area contributed by atoms with Gasteiger partial charge in [0.15, 0.2) is 5.54 Å². The van der Waals surface area contributed by atoms with Crippen LogP contribution in [0, 0.1) is 5.92 Å². The van der Waals surface area contributed by atoms with Gasteiger partial charge in [-0.1, -0.05) is 24.1 Å². The average molecular weight is 182 g/mol. The zero-order chi connectivity index (χ0) is 10.1. The molecule has 0 N–H and O–H groups in total. The summed E-state index contributed by atoms with van der Waals surface area (Å²) in [7, 11) is 0. The summed E-state index contributed by atoms with van der Waals surface area (Å²) in [5.74, 6) is -0.764. The predicted octanol–water partition coefficient (Wildman–Crippen LogP) is 1.62. The lowest BCUT2D eigenvalue weighted by Crippen LogP contribution is -2.44. The Morgan fingerprint density at radius 2 is 2.31 bits per heavy atom. The van der Waals surface area contributed by atoms with Gasteiger partial charge >= 0.3 is 5.97 Å². The first-order valence-corrected chi connectivity index (χ1v) is 3.88. The molecule has 1 unspecified atom stereocenters. The summed E-state index contributed by atoms with van der Waals surface area (Å²) in [5.41, 5.74) is 7.54. The first-order valence-electron chi connectivity index (χ1n) is 3.88. The summed E-state index contributed by atoms with van der Waals surface area (Å²) in [6.07, 6.45) is 0. The third-order valence-corrected chi connectivity index (χ3v) is 2.17. The molecule has 0 amide bonds. The molecule has 0 aromatic rings. The Morgan fingerprint density at radius 1 is 1.69 bits per heavy atom. The fourth-order valence-corrected chi connectivity index (χ4v) is 1.35. The molecule has 0 spiro atoms. The van der Waals surface area contributed by atoms with Gasteiger partial charge in [-0.25, -0.2) is 4.79 Å². The highest BCUT2D eigenvalue weighted by Crippen LogP contribution is 2.30. The maximum atomic E-state index is 11.3. The van der Waals surface area contributed by atoms with Crippen LogP contribution in [0.5, 0.6) is 0 Å². The van der Waals surface area contributed by atoms with Gasteiger partial charge in [0.25, 0.3) is 0 Å². The molecule has 0 saturated heterocycles. The number of carbonyl (C=O) groups is 1. The molecule has 0 radical (unpaired) electrons. The molecule has 0 aromatic heterocycles. The Morgan fingerprint density at radius 3 is 2.62 bits per heavy atom. The van der Waals surface area contributed by atoms with Crippen molar-refractivity contribution >= 4 is 11.7 Å². The minimum atomic E-state index is -1.24. The number of rotatable bonds is 2. The molecule has 0 aromatic carbocycles. The number of hydrogen-bond acceptors (Lipinski definition) is 4. The Balaban J connectivity index is 3.24. The molecule has 1 heterocycles. The van der Waals surface area contributed by atoms with Crippen LogP contribution in [0.15, 0.2) is 10.3 Å². The van der Waals surface area contributed by atoms with Crippen LogP contribution < -0.4 is 0 Å². The lowest BCUT2D eigenvalue weighted by Gasteiger charge is -2.22. The summed E-state index contributed by atoms with van der Waals surface area (Å²) in [6.45, 7) is 5.17. The van der Waals surface area contributed by atoms with Crippen molar-refractivity contribution in [3.05, 3.63) is 10.4 Å². The lowest BCUT2D eigenvalue weighted by molar-refractivity contribution is -0.145. The van der Waals surface area contributed by atoms with E-state index in [4.69, 9.17) is 5.53 Å². The van der Waals surface area contributed by atoms with Gasteiger partial charge in [0.2, 0.25) is 0 Å². The Bertz CT molecular complexity index is 316. The summed E-state index contributed by atoms with van der Waals surface area (Å²) >= 11 is 0. The summed E-state index contributed by atoms with van der Waals surface area (Å²) < 4.78 is 0. The third kappa shape index (κ3) is 1.15. The Hall–Kier alpha value is -1.55. The number of oxime groups is 1. The smallest absolute Gasteiger partial charge is 0.317 e. The van der Waals surface area contributed by atoms with Crippen molar-refractivity contribution in [2.24, 2.45) is 16.2 Å². The van der Waals surface area contributed by atoms with Crippen molar-refractivity contribution in [1.29, 1.82) is 0 Å². The first kappa shape index (κ1) is 9.54. The average Bonchev–Trinajstić information content (AvgIpc) is 2.33. The van der Waals surface area contributed by atoms with Crippen LogP contribution in [0.4, 0.5) is 0 Å². The summed E-state index contributed by atoms with van der Waals surface area (Å²) in [6, 6.07) is 0. The molecule has 70 valence electrons. The van der Waals surface area contributed by atoms with Gasteiger partial charge in [0.1, 0.15) is 0 Å². The van der Waals surface area contributed by atoms with E-state index in [-0.39, 0.29) is 5.92 Å². The number of hydrogen-bond donors (Lipinski definition) is 0. The quantitative estimate of drug-likeness (QED) is 0.281. The van der Waals surface area contributed by atoms with Crippen molar-refractivity contribution in [2.45, 2.75) is 26.3 Å². The molecule has 1 aliphatic rings. The van der Waals surface area contributed by atoms with E-state index in [1.54, 1.807) is 20.8 Å². The van der Waals surface area contributed by atoms with E-state index in [0.29, 0.717) is 5.71 Å². The van der Waals surface area contributed by atoms with Gasteiger partial charge in [0.05, 0.1) is 5.71 Å². The fourth-order valence-electron chi connectivity index (χ4n) is 1.35. The van der Waals surface area contributed by atoms with Crippen LogP contribution in [0.2, 0.25) is 0 Å². The minimum Gasteiger partial charge on any atom is -0.317 e. The molecule has 1 aliphatic heterocycles. The van der Waals surface area contributed by atoms with Crippen molar-refractivity contribution < 1.29 is 9.63 Å². The molecule has 0 aliphatic carbocycles. The minimum absolute atomic E-state index is 0.165. The maximum absolute atomic E-state index is 11.3. The highest BCUT2D eigenvalue weighted by Gasteiger charge is 2.50. The van der Waals surface area contributed by atoms with E-state index in [1.165, 1.54) is 0 Å². The van der Waals surface area contributed by atoms with Crippen LogP contribution in [-0.4, -0.2) is 17.2 Å². The number of nitrogens with zero attached hydrogens (tertiary/aromatic N) is 4. The monoisotopic (exact) mass is 182 g/mol. The molecule has 0 fully saturated rings. The Labute approximate surface area is 75.2 Å². The zero-order valence-electron chi connectivity index (χ0n) is 7.68. The molecule has 1 rings (SSSR count). The number of azide groups is 1. The molecule has 1 atom stereocenters. The highest BCUT2D eigenvalue weighted by molar-refractivity contribution is 6.13. The van der Waals surface area contributed by atoms with E-state index in [2.05, 4.69) is 20.0 Å². The zero-order valence-corrected chi connectivity index (χ0v) is 7.68. The van der Waals surface area contributed by atoms with E-state index in [0.717, 1.165) is 0 Å². The molecule has 0 bridgehead atoms. The molecular weight excluding hydrogens is 172 g/mol. The molecular formula is C7H10N4O2. The van der Waals surface area contributed by atoms with E-state index in [9.17, 15) is 4.79 Å².